The van der Waals surface area contributed by atoms with E-state index in [4.69, 9.17) is 5.73 Å². The average Bonchev–Trinajstić information content (AvgIpc) is 2.91. The van der Waals surface area contributed by atoms with Crippen molar-refractivity contribution in [2.24, 2.45) is 0 Å². The number of phenolic OH excluding ortho intramolecular Hbond substituents is 1. The number of methoxy groups -OCH3 is 1. The SMILES string of the molecule is COC(=O)c1cc(N)n2nc(-c3ccccc3O)nc2c1. The Morgan fingerprint density at radius 1 is 1.33 bits per heavy atom. The maximum atomic E-state index is 11.6. The number of hydrogen-bond acceptors (Lipinski definition) is 6. The fourth-order valence-corrected chi connectivity index (χ4v) is 2.02. The van der Waals surface area contributed by atoms with Crippen LogP contribution in [0.3, 0.4) is 0 Å². The summed E-state index contributed by atoms with van der Waals surface area (Å²) in [5.74, 6) is 0.139. The van der Waals surface area contributed by atoms with Gasteiger partial charge in [-0.25, -0.2) is 9.78 Å². The summed E-state index contributed by atoms with van der Waals surface area (Å²) in [5, 5.41) is 14.1. The van der Waals surface area contributed by atoms with E-state index < -0.39 is 5.97 Å². The van der Waals surface area contributed by atoms with Crippen LogP contribution in [0.25, 0.3) is 17.0 Å². The molecule has 0 atom stereocenters. The summed E-state index contributed by atoms with van der Waals surface area (Å²) >= 11 is 0. The molecule has 0 saturated carbocycles. The van der Waals surface area contributed by atoms with E-state index in [1.807, 2.05) is 0 Å². The predicted molar refractivity (Wildman–Crippen MR) is 75.8 cm³/mol. The van der Waals surface area contributed by atoms with Crippen molar-refractivity contribution in [3.8, 4) is 17.1 Å². The standard InChI is InChI=1S/C14H12N4O3/c1-21-14(20)8-6-11(15)18-12(7-8)16-13(17-18)9-4-2-3-5-10(9)19/h2-7,19H,15H2,1H3. The minimum absolute atomic E-state index is 0.0696. The summed E-state index contributed by atoms with van der Waals surface area (Å²) in [5.41, 5.74) is 7.04. The first-order chi connectivity index (χ1) is 10.1. The van der Waals surface area contributed by atoms with Gasteiger partial charge in [-0.3, -0.25) is 0 Å². The molecule has 7 nitrogen and oxygen atoms in total. The van der Waals surface area contributed by atoms with Gasteiger partial charge in [0.05, 0.1) is 18.2 Å². The summed E-state index contributed by atoms with van der Waals surface area (Å²) in [7, 11) is 1.29. The van der Waals surface area contributed by atoms with Crippen molar-refractivity contribution in [1.82, 2.24) is 14.6 Å². The van der Waals surface area contributed by atoms with Crippen LogP contribution >= 0.6 is 0 Å². The van der Waals surface area contributed by atoms with E-state index in [0.29, 0.717) is 22.6 Å². The Kier molecular flexibility index (Phi) is 2.94. The predicted octanol–water partition coefficient (Wildman–Crippen LogP) is 1.47. The number of esters is 1. The topological polar surface area (TPSA) is 103 Å². The second kappa shape index (κ2) is 4.78. The fourth-order valence-electron chi connectivity index (χ4n) is 2.02. The number of nitrogens with two attached hydrogens (primary N) is 1. The number of nitrogens with zero attached hydrogens (tertiary/aromatic N) is 3. The number of pyridine rings is 1. The number of para-hydroxylation sites is 1. The van der Waals surface area contributed by atoms with Crippen molar-refractivity contribution in [3.63, 3.8) is 0 Å². The summed E-state index contributed by atoms with van der Waals surface area (Å²) in [6.07, 6.45) is 0. The smallest absolute Gasteiger partial charge is 0.338 e. The number of benzene rings is 1. The Bertz CT molecular complexity index is 841. The number of carbonyl (C=O) groups excluding carboxylic acids is 1. The van der Waals surface area contributed by atoms with E-state index in [1.54, 1.807) is 24.3 Å². The van der Waals surface area contributed by atoms with E-state index >= 15 is 0 Å². The molecule has 0 aliphatic rings. The lowest BCUT2D eigenvalue weighted by molar-refractivity contribution is 0.0601. The van der Waals surface area contributed by atoms with Crippen LogP contribution < -0.4 is 5.73 Å². The van der Waals surface area contributed by atoms with Crippen LogP contribution in [0.4, 0.5) is 5.82 Å². The molecule has 0 radical (unpaired) electrons. The number of fused-ring (bicyclic) bond motifs is 1. The van der Waals surface area contributed by atoms with Crippen LogP contribution in [0.2, 0.25) is 0 Å². The largest absolute Gasteiger partial charge is 0.507 e. The van der Waals surface area contributed by atoms with Crippen LogP contribution in [0.5, 0.6) is 5.75 Å². The number of carbonyl (C=O) groups is 1. The van der Waals surface area contributed by atoms with Crippen molar-refractivity contribution in [2.45, 2.75) is 0 Å². The van der Waals surface area contributed by atoms with Crippen molar-refractivity contribution in [1.29, 1.82) is 0 Å². The summed E-state index contributed by atoms with van der Waals surface area (Å²) in [6.45, 7) is 0. The Labute approximate surface area is 119 Å². The normalized spacial score (nSPS) is 10.7. The quantitative estimate of drug-likeness (QED) is 0.691. The van der Waals surface area contributed by atoms with E-state index in [0.717, 1.165) is 0 Å². The zero-order chi connectivity index (χ0) is 15.0. The van der Waals surface area contributed by atoms with Gasteiger partial charge >= 0.3 is 5.97 Å². The number of hydrogen-bond donors (Lipinski definition) is 2. The van der Waals surface area contributed by atoms with Crippen molar-refractivity contribution < 1.29 is 14.6 Å². The Morgan fingerprint density at radius 2 is 2.10 bits per heavy atom. The molecular weight excluding hydrogens is 272 g/mol. The van der Waals surface area contributed by atoms with Crippen molar-refractivity contribution >= 4 is 17.4 Å². The molecule has 7 heteroatoms. The first-order valence-corrected chi connectivity index (χ1v) is 6.13. The maximum Gasteiger partial charge on any atom is 0.338 e. The second-order valence-corrected chi connectivity index (χ2v) is 4.38. The molecule has 0 aliphatic heterocycles. The van der Waals surface area contributed by atoms with Gasteiger partial charge in [0.25, 0.3) is 0 Å². The monoisotopic (exact) mass is 284 g/mol. The van der Waals surface area contributed by atoms with Gasteiger partial charge in [-0.1, -0.05) is 12.1 Å². The number of phenols is 1. The number of rotatable bonds is 2. The molecule has 21 heavy (non-hydrogen) atoms. The van der Waals surface area contributed by atoms with Gasteiger partial charge in [0.2, 0.25) is 0 Å². The third-order valence-corrected chi connectivity index (χ3v) is 3.03. The fraction of sp³-hybridized carbons (Fsp3) is 0.0714. The lowest BCUT2D eigenvalue weighted by atomic mass is 10.2. The number of aromatic nitrogens is 3. The molecule has 0 saturated heterocycles. The highest BCUT2D eigenvalue weighted by atomic mass is 16.5. The molecule has 2 aromatic heterocycles. The highest BCUT2D eigenvalue weighted by Gasteiger charge is 2.15. The first kappa shape index (κ1) is 12.9. The maximum absolute atomic E-state index is 11.6. The molecule has 2 heterocycles. The van der Waals surface area contributed by atoms with Gasteiger partial charge in [-0.05, 0) is 24.3 Å². The molecule has 3 N–H and O–H groups in total. The molecular formula is C14H12N4O3. The third-order valence-electron chi connectivity index (χ3n) is 3.03. The van der Waals surface area contributed by atoms with E-state index in [2.05, 4.69) is 14.8 Å². The van der Waals surface area contributed by atoms with Gasteiger partial charge in [0.1, 0.15) is 11.6 Å². The summed E-state index contributed by atoms with van der Waals surface area (Å²) in [4.78, 5) is 15.9. The van der Waals surface area contributed by atoms with Gasteiger partial charge in [0, 0.05) is 0 Å². The molecule has 0 amide bonds. The zero-order valence-corrected chi connectivity index (χ0v) is 11.1. The number of aromatic hydroxyl groups is 1. The highest BCUT2D eigenvalue weighted by molar-refractivity contribution is 5.91. The van der Waals surface area contributed by atoms with Crippen LogP contribution in [-0.2, 0) is 4.74 Å². The number of nitrogen functional groups attached to an aromatic ring is 1. The number of ether oxygens (including phenoxy) is 1. The lowest BCUT2D eigenvalue weighted by Gasteiger charge is -2.01. The average molecular weight is 284 g/mol. The zero-order valence-electron chi connectivity index (χ0n) is 11.1. The van der Waals surface area contributed by atoms with Crippen LogP contribution in [0, 0.1) is 0 Å². The van der Waals surface area contributed by atoms with Gasteiger partial charge in [-0.2, -0.15) is 4.52 Å². The van der Waals surface area contributed by atoms with Crippen molar-refractivity contribution in [3.05, 3.63) is 42.0 Å². The van der Waals surface area contributed by atoms with E-state index in [9.17, 15) is 9.90 Å². The van der Waals surface area contributed by atoms with Crippen LogP contribution in [0.1, 0.15) is 10.4 Å². The van der Waals surface area contributed by atoms with Gasteiger partial charge in [-0.15, -0.1) is 5.10 Å². The third kappa shape index (κ3) is 2.14. The highest BCUT2D eigenvalue weighted by Crippen LogP contribution is 2.27. The molecule has 1 aromatic carbocycles. The molecule has 0 aliphatic carbocycles. The minimum atomic E-state index is -0.503. The second-order valence-electron chi connectivity index (χ2n) is 4.38. The molecule has 0 bridgehead atoms. The molecule has 3 rings (SSSR count). The molecule has 0 fully saturated rings. The van der Waals surface area contributed by atoms with Crippen molar-refractivity contribution in [2.75, 3.05) is 12.8 Å². The van der Waals surface area contributed by atoms with E-state index in [-0.39, 0.29) is 11.6 Å². The molecule has 106 valence electrons. The molecule has 0 unspecified atom stereocenters. The van der Waals surface area contributed by atoms with Gasteiger partial charge in [0.15, 0.2) is 11.5 Å². The Morgan fingerprint density at radius 3 is 2.81 bits per heavy atom. The summed E-state index contributed by atoms with van der Waals surface area (Å²) < 4.78 is 6.06. The molecule has 0 spiro atoms. The van der Waals surface area contributed by atoms with Gasteiger partial charge < -0.3 is 15.6 Å². The van der Waals surface area contributed by atoms with Crippen LogP contribution in [0.15, 0.2) is 36.4 Å². The Hall–Kier alpha value is -3.09. The Balaban J connectivity index is 2.19. The minimum Gasteiger partial charge on any atom is -0.507 e. The first-order valence-electron chi connectivity index (χ1n) is 6.13. The lowest BCUT2D eigenvalue weighted by Crippen LogP contribution is -2.06. The summed E-state index contributed by atoms with van der Waals surface area (Å²) in [6, 6.07) is 9.70. The number of anilines is 1. The molecule has 3 aromatic rings. The van der Waals surface area contributed by atoms with Crippen LogP contribution in [-0.4, -0.2) is 32.8 Å². The van der Waals surface area contributed by atoms with E-state index in [1.165, 1.54) is 23.8 Å².